The van der Waals surface area contributed by atoms with Crippen LogP contribution in [0.25, 0.3) is 11.0 Å². The van der Waals surface area contributed by atoms with Crippen molar-refractivity contribution in [2.45, 2.75) is 0 Å². The largest absolute Gasteiger partial charge is 0.423 e. The highest BCUT2D eigenvalue weighted by molar-refractivity contribution is 5.94. The molecule has 3 nitrogen and oxygen atoms in total. The normalized spacial score (nSPS) is 10.2. The zero-order chi connectivity index (χ0) is 9.26. The van der Waals surface area contributed by atoms with E-state index in [0.29, 0.717) is 22.8 Å². The zero-order valence-electron chi connectivity index (χ0n) is 6.69. The topological polar surface area (TPSA) is 47.3 Å². The lowest BCUT2D eigenvalue weighted by Crippen LogP contribution is -1.99. The Labute approximate surface area is 73.6 Å². The van der Waals surface area contributed by atoms with Gasteiger partial charge in [0.2, 0.25) is 0 Å². The van der Waals surface area contributed by atoms with Gasteiger partial charge in [0, 0.05) is 17.0 Å². The van der Waals surface area contributed by atoms with Gasteiger partial charge in [-0.1, -0.05) is 18.2 Å². The first-order chi connectivity index (χ1) is 6.31. The molecule has 0 aliphatic carbocycles. The monoisotopic (exact) mass is 174 g/mol. The van der Waals surface area contributed by atoms with Crippen LogP contribution < -0.4 is 5.63 Å². The number of carbonyl (C=O) groups is 1. The van der Waals surface area contributed by atoms with Crippen LogP contribution in [-0.4, -0.2) is 6.29 Å². The molecule has 0 bridgehead atoms. The molecule has 0 N–H and O–H groups in total. The molecule has 3 heteroatoms. The van der Waals surface area contributed by atoms with Crippen molar-refractivity contribution < 1.29 is 9.21 Å². The molecule has 13 heavy (non-hydrogen) atoms. The predicted molar refractivity (Wildman–Crippen MR) is 47.9 cm³/mol. The van der Waals surface area contributed by atoms with Crippen LogP contribution in [0.4, 0.5) is 0 Å². The quantitative estimate of drug-likeness (QED) is 0.487. The van der Waals surface area contributed by atoms with Crippen molar-refractivity contribution in [3.05, 3.63) is 46.3 Å². The van der Waals surface area contributed by atoms with Crippen LogP contribution in [0.15, 0.2) is 39.5 Å². The standard InChI is InChI=1S/C10H6O3/c11-6-7-5-10(12)13-9-4-2-1-3-8(7)9/h1-6H. The Balaban J connectivity index is 2.97. The second-order valence-electron chi connectivity index (χ2n) is 2.63. The van der Waals surface area contributed by atoms with Crippen molar-refractivity contribution in [1.82, 2.24) is 0 Å². The molecule has 0 aliphatic rings. The van der Waals surface area contributed by atoms with Crippen LogP contribution in [0.3, 0.4) is 0 Å². The molecular formula is C10H6O3. The fourth-order valence-electron chi connectivity index (χ4n) is 1.23. The molecular weight excluding hydrogens is 168 g/mol. The molecule has 0 unspecified atom stereocenters. The maximum atomic E-state index is 10.9. The fraction of sp³-hybridized carbons (Fsp3) is 0. The summed E-state index contributed by atoms with van der Waals surface area (Å²) in [5, 5.41) is 0.664. The molecule has 2 aromatic rings. The summed E-state index contributed by atoms with van der Waals surface area (Å²) >= 11 is 0. The van der Waals surface area contributed by atoms with Crippen molar-refractivity contribution in [2.75, 3.05) is 0 Å². The van der Waals surface area contributed by atoms with Gasteiger partial charge in [0.15, 0.2) is 6.29 Å². The van der Waals surface area contributed by atoms with E-state index < -0.39 is 5.63 Å². The lowest BCUT2D eigenvalue weighted by molar-refractivity contribution is 0.112. The second kappa shape index (κ2) is 2.86. The summed E-state index contributed by atoms with van der Waals surface area (Å²) in [6.45, 7) is 0. The first-order valence-electron chi connectivity index (χ1n) is 3.79. The zero-order valence-corrected chi connectivity index (χ0v) is 6.69. The molecule has 0 fully saturated rings. The SMILES string of the molecule is O=Cc1cc(=O)oc2ccccc12. The second-order valence-corrected chi connectivity index (χ2v) is 2.63. The lowest BCUT2D eigenvalue weighted by Gasteiger charge is -1.96. The average Bonchev–Trinajstić information content (AvgIpc) is 2.16. The minimum Gasteiger partial charge on any atom is -0.423 e. The van der Waals surface area contributed by atoms with Crippen molar-refractivity contribution >= 4 is 17.3 Å². The highest BCUT2D eigenvalue weighted by Gasteiger charge is 2.02. The molecule has 1 heterocycles. The van der Waals surface area contributed by atoms with E-state index in [2.05, 4.69) is 0 Å². The Morgan fingerprint density at radius 1 is 1.23 bits per heavy atom. The highest BCUT2D eigenvalue weighted by atomic mass is 16.4. The summed E-state index contributed by atoms with van der Waals surface area (Å²) in [5.74, 6) is 0. The maximum absolute atomic E-state index is 10.9. The maximum Gasteiger partial charge on any atom is 0.336 e. The third kappa shape index (κ3) is 1.24. The Bertz CT molecular complexity index is 511. The van der Waals surface area contributed by atoms with Gasteiger partial charge in [-0.15, -0.1) is 0 Å². The van der Waals surface area contributed by atoms with Crippen LogP contribution >= 0.6 is 0 Å². The average molecular weight is 174 g/mol. The number of para-hydroxylation sites is 1. The molecule has 64 valence electrons. The van der Waals surface area contributed by atoms with Crippen LogP contribution in [0.1, 0.15) is 10.4 Å². The van der Waals surface area contributed by atoms with Crippen LogP contribution in [0.2, 0.25) is 0 Å². The summed E-state index contributed by atoms with van der Waals surface area (Å²) in [6, 6.07) is 8.12. The first-order valence-corrected chi connectivity index (χ1v) is 3.79. The third-order valence-electron chi connectivity index (χ3n) is 1.81. The van der Waals surface area contributed by atoms with Gasteiger partial charge in [0.25, 0.3) is 0 Å². The molecule has 1 aromatic carbocycles. The summed E-state index contributed by atoms with van der Waals surface area (Å²) in [5.41, 5.74) is 0.310. The number of rotatable bonds is 1. The summed E-state index contributed by atoms with van der Waals surface area (Å²) in [6.07, 6.45) is 0.652. The van der Waals surface area contributed by atoms with E-state index in [4.69, 9.17) is 4.42 Å². The number of benzene rings is 1. The van der Waals surface area contributed by atoms with E-state index in [1.165, 1.54) is 6.07 Å². The minimum absolute atomic E-state index is 0.367. The molecule has 0 amide bonds. The first kappa shape index (κ1) is 7.73. The lowest BCUT2D eigenvalue weighted by atomic mass is 10.1. The Morgan fingerprint density at radius 3 is 2.77 bits per heavy atom. The summed E-state index contributed by atoms with van der Waals surface area (Å²) < 4.78 is 4.89. The van der Waals surface area contributed by atoms with Crippen LogP contribution in [-0.2, 0) is 0 Å². The number of aldehydes is 1. The molecule has 0 saturated carbocycles. The van der Waals surface area contributed by atoms with Gasteiger partial charge < -0.3 is 4.42 Å². The number of hydrogen-bond acceptors (Lipinski definition) is 3. The Hall–Kier alpha value is -1.90. The Kier molecular flexibility index (Phi) is 1.70. The van der Waals surface area contributed by atoms with E-state index in [9.17, 15) is 9.59 Å². The van der Waals surface area contributed by atoms with Gasteiger partial charge in [0.1, 0.15) is 5.58 Å². The predicted octanol–water partition coefficient (Wildman–Crippen LogP) is 1.61. The molecule has 0 spiro atoms. The summed E-state index contributed by atoms with van der Waals surface area (Å²) in [4.78, 5) is 21.5. The van der Waals surface area contributed by atoms with Crippen molar-refractivity contribution in [1.29, 1.82) is 0 Å². The Morgan fingerprint density at radius 2 is 2.00 bits per heavy atom. The van der Waals surface area contributed by atoms with Gasteiger partial charge in [0.05, 0.1) is 0 Å². The molecule has 2 rings (SSSR count). The van der Waals surface area contributed by atoms with Crippen LogP contribution in [0.5, 0.6) is 0 Å². The van der Waals surface area contributed by atoms with Gasteiger partial charge in [-0.2, -0.15) is 0 Å². The number of fused-ring (bicyclic) bond motifs is 1. The fourth-order valence-corrected chi connectivity index (χ4v) is 1.23. The highest BCUT2D eigenvalue weighted by Crippen LogP contribution is 2.14. The number of hydrogen-bond donors (Lipinski definition) is 0. The molecule has 0 atom stereocenters. The van der Waals surface area contributed by atoms with Crippen molar-refractivity contribution in [3.63, 3.8) is 0 Å². The van der Waals surface area contributed by atoms with Crippen LogP contribution in [0, 0.1) is 0 Å². The van der Waals surface area contributed by atoms with Gasteiger partial charge in [-0.05, 0) is 6.07 Å². The van der Waals surface area contributed by atoms with E-state index in [1.807, 2.05) is 0 Å². The van der Waals surface area contributed by atoms with Crippen molar-refractivity contribution in [2.24, 2.45) is 0 Å². The van der Waals surface area contributed by atoms with E-state index in [-0.39, 0.29) is 0 Å². The molecule has 0 radical (unpaired) electrons. The van der Waals surface area contributed by atoms with Gasteiger partial charge >= 0.3 is 5.63 Å². The summed E-state index contributed by atoms with van der Waals surface area (Å²) in [7, 11) is 0. The molecule has 0 aliphatic heterocycles. The van der Waals surface area contributed by atoms with E-state index in [1.54, 1.807) is 24.3 Å². The van der Waals surface area contributed by atoms with E-state index >= 15 is 0 Å². The number of carbonyl (C=O) groups excluding carboxylic acids is 1. The smallest absolute Gasteiger partial charge is 0.336 e. The molecule has 1 aromatic heterocycles. The minimum atomic E-state index is -0.499. The van der Waals surface area contributed by atoms with Crippen molar-refractivity contribution in [3.8, 4) is 0 Å². The molecule has 0 saturated heterocycles. The van der Waals surface area contributed by atoms with E-state index in [0.717, 1.165) is 0 Å². The third-order valence-corrected chi connectivity index (χ3v) is 1.81. The van der Waals surface area contributed by atoms with Gasteiger partial charge in [-0.25, -0.2) is 4.79 Å². The van der Waals surface area contributed by atoms with Gasteiger partial charge in [-0.3, -0.25) is 4.79 Å².